The van der Waals surface area contributed by atoms with Gasteiger partial charge in [0.1, 0.15) is 5.75 Å². The highest BCUT2D eigenvalue weighted by atomic mass is 16.5. The summed E-state index contributed by atoms with van der Waals surface area (Å²) in [5.41, 5.74) is 7.37. The number of methoxy groups -OCH3 is 1. The van der Waals surface area contributed by atoms with E-state index in [2.05, 4.69) is 17.0 Å². The molecule has 0 aromatic heterocycles. The molecule has 0 bridgehead atoms. The standard InChI is InChI=1S/C15H24N2O2/c1-11(16)15(17(9-10-18)13-5-6-13)12-3-7-14(19-2)8-4-12/h3-4,7-8,11,13,15,18H,5-6,9-10,16H2,1-2H3. The van der Waals surface area contributed by atoms with Gasteiger partial charge in [0.2, 0.25) is 0 Å². The Labute approximate surface area is 115 Å². The van der Waals surface area contributed by atoms with Gasteiger partial charge in [0.25, 0.3) is 0 Å². The summed E-state index contributed by atoms with van der Waals surface area (Å²) < 4.78 is 5.19. The minimum atomic E-state index is 0.0283. The number of nitrogens with two attached hydrogens (primary N) is 1. The zero-order valence-corrected chi connectivity index (χ0v) is 11.7. The average molecular weight is 264 g/mol. The monoisotopic (exact) mass is 264 g/mol. The Hall–Kier alpha value is -1.10. The number of hydrogen-bond acceptors (Lipinski definition) is 4. The van der Waals surface area contributed by atoms with Crippen LogP contribution in [0.5, 0.6) is 5.75 Å². The molecule has 1 aromatic carbocycles. The zero-order valence-electron chi connectivity index (χ0n) is 11.7. The first-order chi connectivity index (χ1) is 9.17. The molecule has 19 heavy (non-hydrogen) atoms. The third-order valence-electron chi connectivity index (χ3n) is 3.69. The molecule has 3 N–H and O–H groups in total. The number of ether oxygens (including phenoxy) is 1. The molecular weight excluding hydrogens is 240 g/mol. The van der Waals surface area contributed by atoms with Gasteiger partial charge in [-0.2, -0.15) is 0 Å². The van der Waals surface area contributed by atoms with Crippen molar-refractivity contribution in [1.82, 2.24) is 4.90 Å². The van der Waals surface area contributed by atoms with Crippen molar-refractivity contribution in [2.45, 2.75) is 37.9 Å². The largest absolute Gasteiger partial charge is 0.497 e. The first kappa shape index (κ1) is 14.3. The summed E-state index contributed by atoms with van der Waals surface area (Å²) in [5.74, 6) is 0.854. The van der Waals surface area contributed by atoms with Gasteiger partial charge in [-0.1, -0.05) is 12.1 Å². The van der Waals surface area contributed by atoms with Crippen molar-refractivity contribution in [3.05, 3.63) is 29.8 Å². The van der Waals surface area contributed by atoms with Gasteiger partial charge in [-0.3, -0.25) is 4.90 Å². The molecule has 1 aromatic rings. The van der Waals surface area contributed by atoms with E-state index < -0.39 is 0 Å². The van der Waals surface area contributed by atoms with Gasteiger partial charge in [0.15, 0.2) is 0 Å². The number of aliphatic hydroxyl groups is 1. The Balaban J connectivity index is 2.21. The number of aliphatic hydroxyl groups excluding tert-OH is 1. The van der Waals surface area contributed by atoms with Crippen molar-refractivity contribution in [2.24, 2.45) is 5.73 Å². The van der Waals surface area contributed by atoms with Gasteiger partial charge in [0.05, 0.1) is 13.7 Å². The summed E-state index contributed by atoms with van der Waals surface area (Å²) in [6.45, 7) is 2.89. The summed E-state index contributed by atoms with van der Waals surface area (Å²) >= 11 is 0. The van der Waals surface area contributed by atoms with E-state index >= 15 is 0 Å². The Morgan fingerprint density at radius 2 is 2.00 bits per heavy atom. The van der Waals surface area contributed by atoms with Crippen LogP contribution in [0.4, 0.5) is 0 Å². The Bertz CT molecular complexity index is 388. The smallest absolute Gasteiger partial charge is 0.118 e. The maximum absolute atomic E-state index is 9.27. The Morgan fingerprint density at radius 1 is 1.37 bits per heavy atom. The van der Waals surface area contributed by atoms with Crippen molar-refractivity contribution in [3.63, 3.8) is 0 Å². The van der Waals surface area contributed by atoms with E-state index in [0.29, 0.717) is 12.6 Å². The van der Waals surface area contributed by atoms with Gasteiger partial charge < -0.3 is 15.6 Å². The fourth-order valence-electron chi connectivity index (χ4n) is 2.67. The quantitative estimate of drug-likeness (QED) is 0.784. The van der Waals surface area contributed by atoms with Crippen LogP contribution in [0.2, 0.25) is 0 Å². The summed E-state index contributed by atoms with van der Waals surface area (Å²) in [4.78, 5) is 2.34. The molecule has 0 heterocycles. The minimum absolute atomic E-state index is 0.0283. The lowest BCUT2D eigenvalue weighted by atomic mass is 9.98. The molecule has 2 unspecified atom stereocenters. The predicted octanol–water partition coefficient (Wildman–Crippen LogP) is 1.54. The van der Waals surface area contributed by atoms with Crippen LogP contribution in [0.25, 0.3) is 0 Å². The lowest BCUT2D eigenvalue weighted by molar-refractivity contribution is 0.129. The van der Waals surface area contributed by atoms with Gasteiger partial charge in [-0.15, -0.1) is 0 Å². The SMILES string of the molecule is COc1ccc(C(C(C)N)N(CCO)C2CC2)cc1. The molecule has 1 fully saturated rings. The van der Waals surface area contributed by atoms with Crippen LogP contribution in [-0.4, -0.2) is 42.4 Å². The lowest BCUT2D eigenvalue weighted by Gasteiger charge is -2.34. The van der Waals surface area contributed by atoms with E-state index in [1.165, 1.54) is 18.4 Å². The Kier molecular flexibility index (Phi) is 4.80. The molecule has 0 spiro atoms. The second-order valence-electron chi connectivity index (χ2n) is 5.27. The van der Waals surface area contributed by atoms with Crippen LogP contribution in [0.1, 0.15) is 31.4 Å². The topological polar surface area (TPSA) is 58.7 Å². The molecule has 4 nitrogen and oxygen atoms in total. The highest BCUT2D eigenvalue weighted by Crippen LogP contribution is 2.35. The third-order valence-corrected chi connectivity index (χ3v) is 3.69. The van der Waals surface area contributed by atoms with E-state index in [-0.39, 0.29) is 18.7 Å². The van der Waals surface area contributed by atoms with Gasteiger partial charge >= 0.3 is 0 Å². The van der Waals surface area contributed by atoms with E-state index in [4.69, 9.17) is 10.5 Å². The first-order valence-electron chi connectivity index (χ1n) is 6.93. The highest BCUT2D eigenvalue weighted by Gasteiger charge is 2.35. The number of nitrogens with zero attached hydrogens (tertiary/aromatic N) is 1. The molecule has 0 radical (unpaired) electrons. The lowest BCUT2D eigenvalue weighted by Crippen LogP contribution is -2.42. The van der Waals surface area contributed by atoms with Crippen LogP contribution in [0, 0.1) is 0 Å². The number of rotatable bonds is 7. The van der Waals surface area contributed by atoms with E-state index in [0.717, 1.165) is 5.75 Å². The molecule has 0 amide bonds. The summed E-state index contributed by atoms with van der Waals surface area (Å²) in [5, 5.41) is 9.27. The molecule has 0 saturated heterocycles. The molecule has 2 rings (SSSR count). The van der Waals surface area contributed by atoms with Crippen LogP contribution < -0.4 is 10.5 Å². The predicted molar refractivity (Wildman–Crippen MR) is 76.2 cm³/mol. The molecule has 1 saturated carbocycles. The molecular formula is C15H24N2O2. The van der Waals surface area contributed by atoms with Gasteiger partial charge in [-0.25, -0.2) is 0 Å². The molecule has 1 aliphatic carbocycles. The molecule has 2 atom stereocenters. The zero-order chi connectivity index (χ0) is 13.8. The van der Waals surface area contributed by atoms with Crippen LogP contribution in [0.3, 0.4) is 0 Å². The maximum atomic E-state index is 9.27. The fourth-order valence-corrected chi connectivity index (χ4v) is 2.67. The van der Waals surface area contributed by atoms with Gasteiger partial charge in [0, 0.05) is 24.7 Å². The summed E-state index contributed by atoms with van der Waals surface area (Å²) in [6.07, 6.45) is 2.42. The maximum Gasteiger partial charge on any atom is 0.118 e. The van der Waals surface area contributed by atoms with Crippen molar-refractivity contribution >= 4 is 0 Å². The van der Waals surface area contributed by atoms with Crippen molar-refractivity contribution in [1.29, 1.82) is 0 Å². The Morgan fingerprint density at radius 3 is 2.42 bits per heavy atom. The normalized spacial score (nSPS) is 18.4. The average Bonchev–Trinajstić information content (AvgIpc) is 3.23. The van der Waals surface area contributed by atoms with Gasteiger partial charge in [-0.05, 0) is 37.5 Å². The van der Waals surface area contributed by atoms with E-state index in [9.17, 15) is 5.11 Å². The summed E-state index contributed by atoms with van der Waals surface area (Å²) in [6, 6.07) is 8.83. The van der Waals surface area contributed by atoms with Crippen molar-refractivity contribution < 1.29 is 9.84 Å². The van der Waals surface area contributed by atoms with Crippen LogP contribution >= 0.6 is 0 Å². The second-order valence-corrected chi connectivity index (χ2v) is 5.27. The van der Waals surface area contributed by atoms with Crippen LogP contribution in [-0.2, 0) is 0 Å². The summed E-state index contributed by atoms with van der Waals surface area (Å²) in [7, 11) is 1.67. The molecule has 1 aliphatic rings. The first-order valence-corrected chi connectivity index (χ1v) is 6.93. The number of benzene rings is 1. The van der Waals surface area contributed by atoms with Crippen molar-refractivity contribution in [2.75, 3.05) is 20.3 Å². The van der Waals surface area contributed by atoms with E-state index in [1.807, 2.05) is 19.1 Å². The van der Waals surface area contributed by atoms with Crippen molar-refractivity contribution in [3.8, 4) is 5.75 Å². The van der Waals surface area contributed by atoms with Crippen LogP contribution in [0.15, 0.2) is 24.3 Å². The highest BCUT2D eigenvalue weighted by molar-refractivity contribution is 5.30. The molecule has 0 aliphatic heterocycles. The molecule has 106 valence electrons. The van der Waals surface area contributed by atoms with E-state index in [1.54, 1.807) is 7.11 Å². The molecule has 4 heteroatoms. The minimum Gasteiger partial charge on any atom is -0.497 e. The number of hydrogen-bond donors (Lipinski definition) is 2. The second kappa shape index (κ2) is 6.37. The fraction of sp³-hybridized carbons (Fsp3) is 0.600. The third kappa shape index (κ3) is 3.47.